The van der Waals surface area contributed by atoms with Crippen molar-refractivity contribution in [1.29, 1.82) is 0 Å². The summed E-state index contributed by atoms with van der Waals surface area (Å²) < 4.78 is 0. The molecule has 0 radical (unpaired) electrons. The van der Waals surface area contributed by atoms with Crippen LogP contribution in [0.15, 0.2) is 48.8 Å². The minimum Gasteiger partial charge on any atom is -0.351 e. The number of carbonyl (C=O) groups is 2. The zero-order chi connectivity index (χ0) is 18.1. The van der Waals surface area contributed by atoms with Crippen LogP contribution in [-0.4, -0.2) is 34.3 Å². The zero-order valence-electron chi connectivity index (χ0n) is 14.9. The molecule has 1 aromatic heterocycles. The molecule has 4 rings (SSSR count). The summed E-state index contributed by atoms with van der Waals surface area (Å²) in [5.41, 5.74) is 2.48. The molecule has 3 heterocycles. The maximum absolute atomic E-state index is 13.3. The smallest absolute Gasteiger partial charge is 0.232 e. The summed E-state index contributed by atoms with van der Waals surface area (Å²) in [6.07, 6.45) is 5.60. The average molecular weight is 349 g/mol. The number of pyridine rings is 1. The molecule has 2 aliphatic rings. The SMILES string of the molecule is Cc1cccc([C@]2(C(=O)NCc3ccncc3)C[C@@H]3CCC(=O)N3C2)c1. The molecule has 0 bridgehead atoms. The number of rotatable bonds is 4. The number of aryl methyl sites for hydroxylation is 1. The summed E-state index contributed by atoms with van der Waals surface area (Å²) in [7, 11) is 0. The first-order valence-corrected chi connectivity index (χ1v) is 9.12. The van der Waals surface area contributed by atoms with Gasteiger partial charge in [0.1, 0.15) is 0 Å². The van der Waals surface area contributed by atoms with Gasteiger partial charge in [-0.2, -0.15) is 0 Å². The zero-order valence-corrected chi connectivity index (χ0v) is 14.9. The Bertz CT molecular complexity index is 836. The van der Waals surface area contributed by atoms with Crippen LogP contribution in [0.25, 0.3) is 0 Å². The Morgan fingerprint density at radius 2 is 2.12 bits per heavy atom. The highest BCUT2D eigenvalue weighted by Crippen LogP contribution is 2.43. The molecule has 0 unspecified atom stereocenters. The van der Waals surface area contributed by atoms with E-state index in [0.29, 0.717) is 25.9 Å². The molecule has 2 aromatic rings. The molecule has 134 valence electrons. The second-order valence-electron chi connectivity index (χ2n) is 7.41. The van der Waals surface area contributed by atoms with Gasteiger partial charge >= 0.3 is 0 Å². The van der Waals surface area contributed by atoms with Gasteiger partial charge in [0.05, 0.1) is 5.41 Å². The lowest BCUT2D eigenvalue weighted by molar-refractivity contribution is -0.129. The third kappa shape index (κ3) is 2.87. The van der Waals surface area contributed by atoms with E-state index in [2.05, 4.69) is 16.4 Å². The fourth-order valence-electron chi connectivity index (χ4n) is 4.28. The van der Waals surface area contributed by atoms with Crippen LogP contribution in [0.3, 0.4) is 0 Å². The molecule has 0 spiro atoms. The Hall–Kier alpha value is -2.69. The molecule has 0 aliphatic carbocycles. The number of benzene rings is 1. The first kappa shape index (κ1) is 16.8. The molecule has 2 fully saturated rings. The lowest BCUT2D eigenvalue weighted by Crippen LogP contribution is -2.46. The number of hydrogen-bond donors (Lipinski definition) is 1. The van der Waals surface area contributed by atoms with E-state index in [1.54, 1.807) is 12.4 Å². The molecule has 2 amide bonds. The fourth-order valence-corrected chi connectivity index (χ4v) is 4.28. The highest BCUT2D eigenvalue weighted by molar-refractivity contribution is 5.91. The number of carbonyl (C=O) groups excluding carboxylic acids is 2. The van der Waals surface area contributed by atoms with Crippen LogP contribution >= 0.6 is 0 Å². The maximum Gasteiger partial charge on any atom is 0.232 e. The number of nitrogens with zero attached hydrogens (tertiary/aromatic N) is 2. The van der Waals surface area contributed by atoms with E-state index >= 15 is 0 Å². The first-order valence-electron chi connectivity index (χ1n) is 9.12. The van der Waals surface area contributed by atoms with Gasteiger partial charge in [0, 0.05) is 37.9 Å². The molecule has 1 N–H and O–H groups in total. The van der Waals surface area contributed by atoms with Crippen molar-refractivity contribution in [2.75, 3.05) is 6.54 Å². The van der Waals surface area contributed by atoms with E-state index in [4.69, 9.17) is 0 Å². The minimum atomic E-state index is -0.667. The Morgan fingerprint density at radius 3 is 2.85 bits per heavy atom. The van der Waals surface area contributed by atoms with E-state index in [0.717, 1.165) is 23.1 Å². The molecule has 26 heavy (non-hydrogen) atoms. The van der Waals surface area contributed by atoms with Gasteiger partial charge in [0.25, 0.3) is 0 Å². The van der Waals surface area contributed by atoms with Crippen LogP contribution in [0.1, 0.15) is 36.0 Å². The predicted molar refractivity (Wildman–Crippen MR) is 98.3 cm³/mol. The van der Waals surface area contributed by atoms with Crippen molar-refractivity contribution in [2.45, 2.75) is 44.2 Å². The monoisotopic (exact) mass is 349 g/mol. The van der Waals surface area contributed by atoms with Gasteiger partial charge in [0.2, 0.25) is 11.8 Å². The highest BCUT2D eigenvalue weighted by atomic mass is 16.2. The summed E-state index contributed by atoms with van der Waals surface area (Å²) in [5.74, 6) is 0.175. The summed E-state index contributed by atoms with van der Waals surface area (Å²) in [4.78, 5) is 31.5. The lowest BCUT2D eigenvalue weighted by Gasteiger charge is -2.29. The Morgan fingerprint density at radius 1 is 1.31 bits per heavy atom. The molecule has 2 aliphatic heterocycles. The topological polar surface area (TPSA) is 62.3 Å². The molecule has 0 saturated carbocycles. The summed E-state index contributed by atoms with van der Waals surface area (Å²) in [6.45, 7) is 2.98. The number of fused-ring (bicyclic) bond motifs is 1. The van der Waals surface area contributed by atoms with Gasteiger partial charge in [-0.1, -0.05) is 29.8 Å². The van der Waals surface area contributed by atoms with Crippen molar-refractivity contribution in [3.05, 3.63) is 65.5 Å². The third-order valence-corrected chi connectivity index (χ3v) is 5.68. The second kappa shape index (κ2) is 6.56. The van der Waals surface area contributed by atoms with Crippen LogP contribution in [-0.2, 0) is 21.5 Å². The minimum absolute atomic E-state index is 0.00196. The van der Waals surface area contributed by atoms with E-state index < -0.39 is 5.41 Å². The van der Waals surface area contributed by atoms with Crippen molar-refractivity contribution in [3.63, 3.8) is 0 Å². The van der Waals surface area contributed by atoms with Crippen LogP contribution in [0.2, 0.25) is 0 Å². The number of amides is 2. The molecule has 2 atom stereocenters. The maximum atomic E-state index is 13.3. The predicted octanol–water partition coefficient (Wildman–Crippen LogP) is 2.34. The molecular weight excluding hydrogens is 326 g/mol. The van der Waals surface area contributed by atoms with Gasteiger partial charge in [0.15, 0.2) is 0 Å². The number of hydrogen-bond acceptors (Lipinski definition) is 3. The van der Waals surface area contributed by atoms with Crippen molar-refractivity contribution in [2.24, 2.45) is 0 Å². The number of aromatic nitrogens is 1. The van der Waals surface area contributed by atoms with Crippen molar-refractivity contribution in [1.82, 2.24) is 15.2 Å². The number of nitrogens with one attached hydrogen (secondary N) is 1. The first-order chi connectivity index (χ1) is 12.6. The summed E-state index contributed by atoms with van der Waals surface area (Å²) in [6, 6.07) is 12.1. The van der Waals surface area contributed by atoms with Crippen LogP contribution < -0.4 is 5.32 Å². The quantitative estimate of drug-likeness (QED) is 0.922. The normalized spacial score (nSPS) is 24.6. The van der Waals surface area contributed by atoms with E-state index in [-0.39, 0.29) is 17.9 Å². The fraction of sp³-hybridized carbons (Fsp3) is 0.381. The van der Waals surface area contributed by atoms with E-state index in [1.165, 1.54) is 0 Å². The molecule has 5 heteroatoms. The van der Waals surface area contributed by atoms with Crippen LogP contribution in [0, 0.1) is 6.92 Å². The van der Waals surface area contributed by atoms with Crippen LogP contribution in [0.5, 0.6) is 0 Å². The van der Waals surface area contributed by atoms with E-state index in [1.807, 2.05) is 42.2 Å². The van der Waals surface area contributed by atoms with Gasteiger partial charge < -0.3 is 10.2 Å². The Labute approximate surface area is 153 Å². The molecule has 2 saturated heterocycles. The third-order valence-electron chi connectivity index (χ3n) is 5.68. The van der Waals surface area contributed by atoms with Crippen molar-refractivity contribution in [3.8, 4) is 0 Å². The highest BCUT2D eigenvalue weighted by Gasteiger charge is 2.53. The van der Waals surface area contributed by atoms with Gasteiger partial charge in [-0.15, -0.1) is 0 Å². The summed E-state index contributed by atoms with van der Waals surface area (Å²) in [5, 5.41) is 3.10. The van der Waals surface area contributed by atoms with Gasteiger partial charge in [-0.05, 0) is 43.0 Å². The lowest BCUT2D eigenvalue weighted by atomic mass is 9.76. The molecule has 1 aromatic carbocycles. The van der Waals surface area contributed by atoms with Crippen molar-refractivity contribution >= 4 is 11.8 Å². The molecular formula is C21H23N3O2. The van der Waals surface area contributed by atoms with Gasteiger partial charge in [-0.25, -0.2) is 0 Å². The Balaban J connectivity index is 1.63. The molecule has 5 nitrogen and oxygen atoms in total. The average Bonchev–Trinajstić information content (AvgIpc) is 3.20. The van der Waals surface area contributed by atoms with Gasteiger partial charge in [-0.3, -0.25) is 14.6 Å². The summed E-state index contributed by atoms with van der Waals surface area (Å²) >= 11 is 0. The second-order valence-corrected chi connectivity index (χ2v) is 7.41. The van der Waals surface area contributed by atoms with E-state index in [9.17, 15) is 9.59 Å². The van der Waals surface area contributed by atoms with Crippen molar-refractivity contribution < 1.29 is 9.59 Å². The largest absolute Gasteiger partial charge is 0.351 e. The standard InChI is InChI=1S/C21H23N3O2/c1-15-3-2-4-17(11-15)21(12-18-5-6-19(25)24(18)14-21)20(26)23-13-16-7-9-22-10-8-16/h2-4,7-11,18H,5-6,12-14H2,1H3,(H,23,26)/t18-,21-/m0/s1. The van der Waals surface area contributed by atoms with Crippen LogP contribution in [0.4, 0.5) is 0 Å². The Kier molecular flexibility index (Phi) is 4.23.